The monoisotopic (exact) mass is 567 g/mol. The van der Waals surface area contributed by atoms with Crippen molar-refractivity contribution in [3.63, 3.8) is 0 Å². The molecule has 32 heavy (non-hydrogen) atoms. The fourth-order valence-corrected chi connectivity index (χ4v) is 3.62. The van der Waals surface area contributed by atoms with E-state index in [2.05, 4.69) is 31.8 Å². The maximum Gasteiger partial charge on any atom is 0.243 e. The molecule has 1 fully saturated rings. The zero-order chi connectivity index (χ0) is 22.2. The van der Waals surface area contributed by atoms with Gasteiger partial charge in [0, 0.05) is 42.5 Å². The van der Waals surface area contributed by atoms with Crippen LogP contribution in [-0.2, 0) is 4.79 Å². The molecule has 9 heteroatoms. The van der Waals surface area contributed by atoms with Gasteiger partial charge >= 0.3 is 0 Å². The maximum absolute atomic E-state index is 12.3. The normalized spacial score (nSPS) is 15.4. The number of nitrogens with one attached hydrogen (secondary N) is 3. The summed E-state index contributed by atoms with van der Waals surface area (Å²) in [4.78, 5) is 18.7. The number of methoxy groups -OCH3 is 1. The lowest BCUT2D eigenvalue weighted by atomic mass is 10.2. The molecule has 1 saturated heterocycles. The van der Waals surface area contributed by atoms with Gasteiger partial charge in [0.25, 0.3) is 0 Å². The van der Waals surface area contributed by atoms with E-state index in [-0.39, 0.29) is 42.5 Å². The van der Waals surface area contributed by atoms with Gasteiger partial charge in [-0.3, -0.25) is 9.79 Å². The second-order valence-corrected chi connectivity index (χ2v) is 7.53. The van der Waals surface area contributed by atoms with Crippen LogP contribution in [0.25, 0.3) is 0 Å². The third-order valence-corrected chi connectivity index (χ3v) is 5.20. The molecule has 170 valence electrons. The Hall–Kier alpha value is -2.64. The summed E-state index contributed by atoms with van der Waals surface area (Å²) in [6.45, 7) is 1.71. The lowest BCUT2D eigenvalue weighted by molar-refractivity contribution is -0.115. The minimum absolute atomic E-state index is 0. The first-order chi connectivity index (χ1) is 15.0. The van der Waals surface area contributed by atoms with Gasteiger partial charge in [-0.05, 0) is 42.8 Å². The Labute approximate surface area is 211 Å². The molecular formula is C23H27ClIN5O2. The van der Waals surface area contributed by atoms with Gasteiger partial charge in [0.1, 0.15) is 5.75 Å². The standard InChI is InChI=1S/C23H26ClN5O2.HI/c1-4-16-6-5-7-18(12-16)27-22(30)14-26-23(25-2)28-19-10-11-29(15-19)20-13-17(24)8-9-21(20)31-3;/h1,5-9,12-13,19H,10-11,14-15H2,2-3H3,(H,27,30)(H2,25,26,28);1H. The van der Waals surface area contributed by atoms with E-state index in [9.17, 15) is 4.79 Å². The molecule has 1 amide bonds. The lowest BCUT2D eigenvalue weighted by Crippen LogP contribution is -2.46. The van der Waals surface area contributed by atoms with E-state index in [1.165, 1.54) is 0 Å². The lowest BCUT2D eigenvalue weighted by Gasteiger charge is -2.22. The van der Waals surface area contributed by atoms with Crippen molar-refractivity contribution in [2.75, 3.05) is 44.0 Å². The second-order valence-electron chi connectivity index (χ2n) is 7.09. The number of nitrogens with zero attached hydrogens (tertiary/aromatic N) is 2. The predicted octanol–water partition coefficient (Wildman–Crippen LogP) is 3.33. The van der Waals surface area contributed by atoms with Crippen molar-refractivity contribution < 1.29 is 9.53 Å². The van der Waals surface area contributed by atoms with Gasteiger partial charge in [-0.2, -0.15) is 0 Å². The van der Waals surface area contributed by atoms with Crippen LogP contribution < -0.4 is 25.6 Å². The van der Waals surface area contributed by atoms with Gasteiger partial charge in [0.05, 0.1) is 19.3 Å². The van der Waals surface area contributed by atoms with E-state index in [0.717, 1.165) is 30.9 Å². The highest BCUT2D eigenvalue weighted by molar-refractivity contribution is 14.0. The maximum atomic E-state index is 12.3. The molecule has 1 unspecified atom stereocenters. The highest BCUT2D eigenvalue weighted by atomic mass is 127. The van der Waals surface area contributed by atoms with Crippen molar-refractivity contribution in [2.24, 2.45) is 4.99 Å². The molecule has 3 N–H and O–H groups in total. The van der Waals surface area contributed by atoms with Crippen molar-refractivity contribution in [3.8, 4) is 18.1 Å². The average molecular weight is 568 g/mol. The molecule has 0 spiro atoms. The SMILES string of the molecule is C#Cc1cccc(NC(=O)CNC(=NC)NC2CCN(c3cc(Cl)ccc3OC)C2)c1.I. The Balaban J connectivity index is 0.00000363. The fourth-order valence-electron chi connectivity index (χ4n) is 3.45. The molecule has 2 aromatic carbocycles. The third-order valence-electron chi connectivity index (χ3n) is 4.96. The number of hydrogen-bond donors (Lipinski definition) is 3. The number of hydrogen-bond acceptors (Lipinski definition) is 4. The molecule has 0 aromatic heterocycles. The van der Waals surface area contributed by atoms with E-state index in [1.807, 2.05) is 24.3 Å². The Bertz CT molecular complexity index is 1010. The smallest absolute Gasteiger partial charge is 0.243 e. The molecule has 0 saturated carbocycles. The Morgan fingerprint density at radius 2 is 2.16 bits per heavy atom. The van der Waals surface area contributed by atoms with E-state index in [4.69, 9.17) is 22.8 Å². The van der Waals surface area contributed by atoms with E-state index < -0.39 is 0 Å². The first-order valence-electron chi connectivity index (χ1n) is 9.94. The molecule has 0 bridgehead atoms. The number of halogens is 2. The first-order valence-corrected chi connectivity index (χ1v) is 10.3. The van der Waals surface area contributed by atoms with Crippen LogP contribution >= 0.6 is 35.6 Å². The summed E-state index contributed by atoms with van der Waals surface area (Å²) in [7, 11) is 3.33. The van der Waals surface area contributed by atoms with Crippen LogP contribution in [0.3, 0.4) is 0 Å². The highest BCUT2D eigenvalue weighted by Crippen LogP contribution is 2.33. The minimum atomic E-state index is -0.186. The summed E-state index contributed by atoms with van der Waals surface area (Å²) in [6, 6.07) is 12.9. The Kier molecular flexibility index (Phi) is 9.94. The number of ether oxygens (including phenoxy) is 1. The van der Waals surface area contributed by atoms with Crippen LogP contribution in [0.15, 0.2) is 47.5 Å². The number of benzene rings is 2. The zero-order valence-electron chi connectivity index (χ0n) is 18.0. The van der Waals surface area contributed by atoms with Gasteiger partial charge < -0.3 is 25.6 Å². The predicted molar refractivity (Wildman–Crippen MR) is 142 cm³/mol. The number of carbonyl (C=O) groups excluding carboxylic acids is 1. The first kappa shape index (κ1) is 25.6. The topological polar surface area (TPSA) is 78.0 Å². The van der Waals surface area contributed by atoms with Crippen LogP contribution in [-0.4, -0.2) is 51.7 Å². The highest BCUT2D eigenvalue weighted by Gasteiger charge is 2.25. The number of guanidine groups is 1. The van der Waals surface area contributed by atoms with Crippen molar-refractivity contribution in [1.29, 1.82) is 0 Å². The molecule has 2 aromatic rings. The van der Waals surface area contributed by atoms with Crippen molar-refractivity contribution in [3.05, 3.63) is 53.1 Å². The van der Waals surface area contributed by atoms with Crippen LogP contribution in [0.4, 0.5) is 11.4 Å². The molecule has 3 rings (SSSR count). The number of anilines is 2. The fraction of sp³-hybridized carbons (Fsp3) is 0.304. The van der Waals surface area contributed by atoms with E-state index in [0.29, 0.717) is 22.2 Å². The van der Waals surface area contributed by atoms with Gasteiger partial charge in [0.2, 0.25) is 5.91 Å². The summed E-state index contributed by atoms with van der Waals surface area (Å²) in [6.07, 6.45) is 6.32. The molecule has 1 aliphatic heterocycles. The molecule has 7 nitrogen and oxygen atoms in total. The van der Waals surface area contributed by atoms with E-state index in [1.54, 1.807) is 32.4 Å². The summed E-state index contributed by atoms with van der Waals surface area (Å²) >= 11 is 6.17. The van der Waals surface area contributed by atoms with Crippen molar-refractivity contribution in [1.82, 2.24) is 10.6 Å². The van der Waals surface area contributed by atoms with Gasteiger partial charge in [-0.1, -0.05) is 23.6 Å². The molecule has 0 radical (unpaired) electrons. The molecule has 1 atom stereocenters. The number of terminal acetylenes is 1. The molecular weight excluding hydrogens is 541 g/mol. The van der Waals surface area contributed by atoms with Crippen LogP contribution in [0.5, 0.6) is 5.75 Å². The Morgan fingerprint density at radius 3 is 2.88 bits per heavy atom. The second kappa shape index (κ2) is 12.4. The van der Waals surface area contributed by atoms with Gasteiger partial charge in [-0.25, -0.2) is 0 Å². The van der Waals surface area contributed by atoms with Crippen molar-refractivity contribution in [2.45, 2.75) is 12.5 Å². The molecule has 1 aliphatic rings. The average Bonchev–Trinajstić information content (AvgIpc) is 3.25. The number of carbonyl (C=O) groups is 1. The number of amides is 1. The summed E-state index contributed by atoms with van der Waals surface area (Å²) in [5.41, 5.74) is 2.34. The summed E-state index contributed by atoms with van der Waals surface area (Å²) in [5.74, 6) is 3.72. The Morgan fingerprint density at radius 1 is 1.34 bits per heavy atom. The van der Waals surface area contributed by atoms with Gasteiger partial charge in [0.15, 0.2) is 5.96 Å². The summed E-state index contributed by atoms with van der Waals surface area (Å²) < 4.78 is 5.47. The van der Waals surface area contributed by atoms with Crippen LogP contribution in [0.1, 0.15) is 12.0 Å². The van der Waals surface area contributed by atoms with Gasteiger partial charge in [-0.15, -0.1) is 30.4 Å². The van der Waals surface area contributed by atoms with Crippen molar-refractivity contribution >= 4 is 58.8 Å². The third kappa shape index (κ3) is 6.93. The number of rotatable bonds is 6. The largest absolute Gasteiger partial charge is 0.495 e. The van der Waals surface area contributed by atoms with Crippen LogP contribution in [0, 0.1) is 12.3 Å². The van der Waals surface area contributed by atoms with E-state index >= 15 is 0 Å². The quantitative estimate of drug-likeness (QED) is 0.216. The molecule has 1 heterocycles. The minimum Gasteiger partial charge on any atom is -0.495 e. The molecule has 0 aliphatic carbocycles. The summed E-state index contributed by atoms with van der Waals surface area (Å²) in [5, 5.41) is 9.92. The zero-order valence-corrected chi connectivity index (χ0v) is 21.1. The number of aliphatic imine (C=N–C) groups is 1. The van der Waals surface area contributed by atoms with Crippen LogP contribution in [0.2, 0.25) is 5.02 Å².